The van der Waals surface area contributed by atoms with Crippen LogP contribution in [-0.4, -0.2) is 4.98 Å². The third kappa shape index (κ3) is 3.30. The molecule has 1 atom stereocenters. The van der Waals surface area contributed by atoms with E-state index in [2.05, 4.69) is 4.98 Å². The molecule has 0 bridgehead atoms. The molecule has 0 spiro atoms. The topological polar surface area (TPSA) is 48.1 Å². The molecule has 2 aromatic rings. The van der Waals surface area contributed by atoms with Crippen LogP contribution in [0.5, 0.6) is 5.75 Å². The van der Waals surface area contributed by atoms with Crippen LogP contribution in [0, 0.1) is 19.7 Å². The Hall–Kier alpha value is -1.46. The summed E-state index contributed by atoms with van der Waals surface area (Å²) >= 11 is 1.60. The first-order chi connectivity index (χ1) is 8.97. The van der Waals surface area contributed by atoms with E-state index in [-0.39, 0.29) is 11.9 Å². The molecule has 0 amide bonds. The standard InChI is InChI=1S/C14H17FN2OS/c1-8(16)12-5-4-11(6-13(12)15)18-7-14-17-9(2)10(3)19-14/h4-6,8H,7,16H2,1-3H3/t8-/m1/s1. The SMILES string of the molecule is Cc1nc(COc2ccc([C@@H](C)N)c(F)c2)sc1C. The summed E-state index contributed by atoms with van der Waals surface area (Å²) in [6, 6.07) is 4.44. The van der Waals surface area contributed by atoms with Crippen LogP contribution in [0.4, 0.5) is 4.39 Å². The van der Waals surface area contributed by atoms with Crippen molar-refractivity contribution in [1.29, 1.82) is 0 Å². The Labute approximate surface area is 116 Å². The minimum atomic E-state index is -0.334. The summed E-state index contributed by atoms with van der Waals surface area (Å²) < 4.78 is 19.3. The minimum Gasteiger partial charge on any atom is -0.486 e. The van der Waals surface area contributed by atoms with Crippen molar-refractivity contribution in [1.82, 2.24) is 4.98 Å². The van der Waals surface area contributed by atoms with Crippen molar-refractivity contribution in [2.45, 2.75) is 33.4 Å². The van der Waals surface area contributed by atoms with Crippen molar-refractivity contribution in [3.63, 3.8) is 0 Å². The first kappa shape index (κ1) is 14.0. The van der Waals surface area contributed by atoms with Gasteiger partial charge in [0, 0.05) is 22.5 Å². The molecule has 0 saturated carbocycles. The fraction of sp³-hybridized carbons (Fsp3) is 0.357. The van der Waals surface area contributed by atoms with Crippen LogP contribution in [0.1, 0.15) is 34.1 Å². The molecule has 3 nitrogen and oxygen atoms in total. The fourth-order valence-corrected chi connectivity index (χ4v) is 2.56. The Morgan fingerprint density at radius 3 is 2.68 bits per heavy atom. The van der Waals surface area contributed by atoms with Gasteiger partial charge in [0.1, 0.15) is 23.2 Å². The average Bonchev–Trinajstić information content (AvgIpc) is 2.66. The lowest BCUT2D eigenvalue weighted by Gasteiger charge is -2.09. The van der Waals surface area contributed by atoms with Gasteiger partial charge in [-0.2, -0.15) is 0 Å². The number of hydrogen-bond donors (Lipinski definition) is 1. The zero-order valence-corrected chi connectivity index (χ0v) is 12.1. The Kier molecular flexibility index (Phi) is 4.17. The number of nitrogens with zero attached hydrogens (tertiary/aromatic N) is 1. The molecule has 1 aromatic carbocycles. The maximum atomic E-state index is 13.7. The average molecular weight is 280 g/mol. The fourth-order valence-electron chi connectivity index (χ4n) is 1.71. The first-order valence-corrected chi connectivity index (χ1v) is 6.89. The molecule has 0 aliphatic carbocycles. The number of halogens is 1. The number of rotatable bonds is 4. The largest absolute Gasteiger partial charge is 0.486 e. The Balaban J connectivity index is 2.06. The van der Waals surface area contributed by atoms with E-state index in [1.807, 2.05) is 13.8 Å². The number of ether oxygens (including phenoxy) is 1. The number of nitrogens with two attached hydrogens (primary N) is 1. The van der Waals surface area contributed by atoms with Gasteiger partial charge < -0.3 is 10.5 Å². The highest BCUT2D eigenvalue weighted by atomic mass is 32.1. The van der Waals surface area contributed by atoms with Crippen molar-refractivity contribution in [2.75, 3.05) is 0 Å². The summed E-state index contributed by atoms with van der Waals surface area (Å²) in [5.74, 6) is 0.159. The Morgan fingerprint density at radius 2 is 2.16 bits per heavy atom. The molecule has 5 heteroatoms. The summed E-state index contributed by atoms with van der Waals surface area (Å²) in [6.07, 6.45) is 0. The van der Waals surface area contributed by atoms with Crippen molar-refractivity contribution in [2.24, 2.45) is 5.73 Å². The van der Waals surface area contributed by atoms with Crippen LogP contribution >= 0.6 is 11.3 Å². The second kappa shape index (κ2) is 5.67. The monoisotopic (exact) mass is 280 g/mol. The predicted molar refractivity (Wildman–Crippen MR) is 74.9 cm³/mol. The van der Waals surface area contributed by atoms with Gasteiger partial charge in [-0.1, -0.05) is 6.07 Å². The molecule has 0 aliphatic rings. The number of aryl methyl sites for hydroxylation is 2. The highest BCUT2D eigenvalue weighted by molar-refractivity contribution is 7.11. The Morgan fingerprint density at radius 1 is 1.42 bits per heavy atom. The summed E-state index contributed by atoms with van der Waals surface area (Å²) in [5.41, 5.74) is 7.17. The number of aromatic nitrogens is 1. The molecule has 102 valence electrons. The summed E-state index contributed by atoms with van der Waals surface area (Å²) in [6.45, 7) is 6.09. The Bertz CT molecular complexity index is 561. The predicted octanol–water partition coefficient (Wildman–Crippen LogP) is 3.50. The number of hydrogen-bond acceptors (Lipinski definition) is 4. The third-order valence-corrected chi connectivity index (χ3v) is 3.94. The lowest BCUT2D eigenvalue weighted by molar-refractivity contribution is 0.303. The van der Waals surface area contributed by atoms with Gasteiger partial charge in [-0.15, -0.1) is 11.3 Å². The van der Waals surface area contributed by atoms with E-state index in [9.17, 15) is 4.39 Å². The van der Waals surface area contributed by atoms with Gasteiger partial charge in [0.25, 0.3) is 0 Å². The van der Waals surface area contributed by atoms with Crippen LogP contribution < -0.4 is 10.5 Å². The first-order valence-electron chi connectivity index (χ1n) is 6.08. The summed E-state index contributed by atoms with van der Waals surface area (Å²) in [7, 11) is 0. The molecule has 0 fully saturated rings. The zero-order chi connectivity index (χ0) is 14.0. The lowest BCUT2D eigenvalue weighted by atomic mass is 10.1. The molecule has 1 aromatic heterocycles. The number of benzene rings is 1. The van der Waals surface area contributed by atoms with Crippen LogP contribution in [0.2, 0.25) is 0 Å². The van der Waals surface area contributed by atoms with E-state index in [4.69, 9.17) is 10.5 Å². The normalized spacial score (nSPS) is 12.5. The highest BCUT2D eigenvalue weighted by Gasteiger charge is 2.09. The van der Waals surface area contributed by atoms with E-state index in [0.29, 0.717) is 17.9 Å². The molecular weight excluding hydrogens is 263 g/mol. The maximum absolute atomic E-state index is 13.7. The highest BCUT2D eigenvalue weighted by Crippen LogP contribution is 2.23. The smallest absolute Gasteiger partial charge is 0.140 e. The molecule has 19 heavy (non-hydrogen) atoms. The molecule has 1 heterocycles. The van der Waals surface area contributed by atoms with Gasteiger partial charge in [-0.3, -0.25) is 0 Å². The van der Waals surface area contributed by atoms with E-state index >= 15 is 0 Å². The van der Waals surface area contributed by atoms with Crippen LogP contribution in [0.15, 0.2) is 18.2 Å². The van der Waals surface area contributed by atoms with Crippen molar-refractivity contribution in [3.05, 3.63) is 45.2 Å². The minimum absolute atomic E-state index is 0.321. The second-order valence-electron chi connectivity index (χ2n) is 4.51. The molecule has 2 rings (SSSR count). The quantitative estimate of drug-likeness (QED) is 0.932. The molecule has 0 radical (unpaired) electrons. The van der Waals surface area contributed by atoms with Crippen molar-refractivity contribution < 1.29 is 9.13 Å². The molecule has 0 unspecified atom stereocenters. The van der Waals surface area contributed by atoms with E-state index in [1.54, 1.807) is 30.4 Å². The molecule has 0 saturated heterocycles. The maximum Gasteiger partial charge on any atom is 0.140 e. The van der Waals surface area contributed by atoms with Crippen molar-refractivity contribution in [3.8, 4) is 5.75 Å². The van der Waals surface area contributed by atoms with E-state index in [0.717, 1.165) is 10.7 Å². The van der Waals surface area contributed by atoms with Crippen LogP contribution in [-0.2, 0) is 6.61 Å². The molecule has 2 N–H and O–H groups in total. The van der Waals surface area contributed by atoms with Gasteiger partial charge in [0.2, 0.25) is 0 Å². The van der Waals surface area contributed by atoms with E-state index in [1.165, 1.54) is 10.9 Å². The summed E-state index contributed by atoms with van der Waals surface area (Å²) in [4.78, 5) is 5.55. The molecule has 0 aliphatic heterocycles. The van der Waals surface area contributed by atoms with Crippen LogP contribution in [0.3, 0.4) is 0 Å². The number of thiazole rings is 1. The van der Waals surface area contributed by atoms with Gasteiger partial charge >= 0.3 is 0 Å². The van der Waals surface area contributed by atoms with Crippen molar-refractivity contribution >= 4 is 11.3 Å². The molecular formula is C14H17FN2OS. The lowest BCUT2D eigenvalue weighted by Crippen LogP contribution is -2.07. The summed E-state index contributed by atoms with van der Waals surface area (Å²) in [5, 5.41) is 0.895. The van der Waals surface area contributed by atoms with Gasteiger partial charge in [0.05, 0.1) is 5.69 Å². The van der Waals surface area contributed by atoms with E-state index < -0.39 is 0 Å². The van der Waals surface area contributed by atoms with Gasteiger partial charge in [0.15, 0.2) is 0 Å². The zero-order valence-electron chi connectivity index (χ0n) is 11.2. The third-order valence-electron chi connectivity index (χ3n) is 2.90. The van der Waals surface area contributed by atoms with Gasteiger partial charge in [-0.25, -0.2) is 9.37 Å². The second-order valence-corrected chi connectivity index (χ2v) is 5.80. The van der Waals surface area contributed by atoms with Gasteiger partial charge in [-0.05, 0) is 26.8 Å². The van der Waals surface area contributed by atoms with Crippen LogP contribution in [0.25, 0.3) is 0 Å².